The van der Waals surface area contributed by atoms with E-state index in [9.17, 15) is 0 Å². The van der Waals surface area contributed by atoms with Gasteiger partial charge in [-0.1, -0.05) is 0 Å². The van der Waals surface area contributed by atoms with E-state index in [4.69, 9.17) is 15.3 Å². The molecule has 0 saturated carbocycles. The van der Waals surface area contributed by atoms with Gasteiger partial charge in [0.05, 0.1) is 0 Å². The van der Waals surface area contributed by atoms with Crippen LogP contribution in [0.3, 0.4) is 0 Å². The van der Waals surface area contributed by atoms with Crippen molar-refractivity contribution < 1.29 is 49.5 Å². The fraction of sp³-hybridized carbons (Fsp3) is 0.143. The van der Waals surface area contributed by atoms with Crippen molar-refractivity contribution in [2.75, 3.05) is 0 Å². The molecule has 0 heterocycles. The maximum atomic E-state index is 8.87. The van der Waals surface area contributed by atoms with Gasteiger partial charge in [0.1, 0.15) is 0 Å². The Kier molecular flexibility index (Phi) is 6.31. The second-order valence-corrected chi connectivity index (χ2v) is 2.15. The third-order valence-corrected chi connectivity index (χ3v) is 1.21. The topological polar surface area (TPSA) is 60.7 Å². The average molecular weight is 252 g/mol. The van der Waals surface area contributed by atoms with Gasteiger partial charge in [0.25, 0.3) is 0 Å². The molecule has 1 aromatic carbocycles. The Morgan fingerprint density at radius 1 is 0.917 bits per heavy atom. The standard InChI is InChI=1S/C7H8O3.2Fe/c1-4-2-5(8)7(10)6(9)3-4;;/h2-3,8-10H,1H3;;/q;2*+3. The molecule has 0 aliphatic carbocycles. The minimum Gasteiger partial charge on any atom is -0.504 e. The molecular weight excluding hydrogens is 244 g/mol. The van der Waals surface area contributed by atoms with Gasteiger partial charge >= 0.3 is 34.1 Å². The Bertz CT molecular complexity index is 240. The Balaban J connectivity index is 0. The Morgan fingerprint density at radius 3 is 1.58 bits per heavy atom. The zero-order valence-electron chi connectivity index (χ0n) is 6.20. The molecule has 3 nitrogen and oxygen atoms in total. The van der Waals surface area contributed by atoms with Crippen LogP contribution in [-0.4, -0.2) is 15.3 Å². The molecule has 0 unspecified atom stereocenters. The summed E-state index contributed by atoms with van der Waals surface area (Å²) in [5.74, 6) is -1.05. The average Bonchev–Trinajstić information content (AvgIpc) is 1.82. The van der Waals surface area contributed by atoms with Crippen LogP contribution in [0.15, 0.2) is 12.1 Å². The van der Waals surface area contributed by atoms with Gasteiger partial charge in [0.2, 0.25) is 0 Å². The maximum absolute atomic E-state index is 8.87. The Hall–Kier alpha value is -0.341. The number of aryl methyl sites for hydroxylation is 1. The zero-order chi connectivity index (χ0) is 7.72. The van der Waals surface area contributed by atoms with E-state index in [0.717, 1.165) is 0 Å². The van der Waals surface area contributed by atoms with Crippen molar-refractivity contribution in [3.8, 4) is 17.2 Å². The Labute approximate surface area is 91.4 Å². The first kappa shape index (κ1) is 14.2. The molecule has 0 aromatic heterocycles. The first-order valence-electron chi connectivity index (χ1n) is 2.83. The van der Waals surface area contributed by atoms with E-state index in [1.807, 2.05) is 0 Å². The van der Waals surface area contributed by atoms with Crippen LogP contribution in [0.5, 0.6) is 17.2 Å². The molecule has 0 aliphatic heterocycles. The van der Waals surface area contributed by atoms with Gasteiger partial charge in [-0.2, -0.15) is 0 Å². The molecular formula is C7H8Fe2O3+6. The molecule has 0 amide bonds. The van der Waals surface area contributed by atoms with Crippen molar-refractivity contribution in [1.29, 1.82) is 0 Å². The predicted octanol–water partition coefficient (Wildman–Crippen LogP) is 1.11. The summed E-state index contributed by atoms with van der Waals surface area (Å²) in [7, 11) is 0. The van der Waals surface area contributed by atoms with Crippen LogP contribution in [0, 0.1) is 6.92 Å². The van der Waals surface area contributed by atoms with E-state index < -0.39 is 5.75 Å². The van der Waals surface area contributed by atoms with Gasteiger partial charge in [0.15, 0.2) is 17.2 Å². The number of benzene rings is 1. The summed E-state index contributed by atoms with van der Waals surface area (Å²) in [6.07, 6.45) is 0. The SMILES string of the molecule is Cc1cc(O)c(O)c(O)c1.[Fe+3].[Fe+3]. The van der Waals surface area contributed by atoms with Gasteiger partial charge in [-0.25, -0.2) is 0 Å². The molecule has 0 atom stereocenters. The number of hydrogen-bond acceptors (Lipinski definition) is 3. The first-order valence-corrected chi connectivity index (χ1v) is 2.83. The first-order chi connectivity index (χ1) is 4.61. The van der Waals surface area contributed by atoms with Crippen molar-refractivity contribution >= 4 is 0 Å². The number of phenols is 3. The van der Waals surface area contributed by atoms with Crippen LogP contribution in [-0.2, 0) is 34.1 Å². The smallest absolute Gasteiger partial charge is 0.504 e. The molecule has 0 bridgehead atoms. The fourth-order valence-corrected chi connectivity index (χ4v) is 0.741. The summed E-state index contributed by atoms with van der Waals surface area (Å²) in [5.41, 5.74) is 0.702. The van der Waals surface area contributed by atoms with E-state index in [0.29, 0.717) is 5.56 Å². The van der Waals surface area contributed by atoms with Crippen molar-refractivity contribution in [2.24, 2.45) is 0 Å². The summed E-state index contributed by atoms with van der Waals surface area (Å²) < 4.78 is 0. The summed E-state index contributed by atoms with van der Waals surface area (Å²) in [6, 6.07) is 2.74. The molecule has 0 aliphatic rings. The Morgan fingerprint density at radius 2 is 1.25 bits per heavy atom. The van der Waals surface area contributed by atoms with E-state index in [2.05, 4.69) is 0 Å². The second-order valence-electron chi connectivity index (χ2n) is 2.15. The van der Waals surface area contributed by atoms with Crippen LogP contribution < -0.4 is 0 Å². The monoisotopic (exact) mass is 252 g/mol. The minimum absolute atomic E-state index is 0. The second kappa shape index (κ2) is 5.33. The summed E-state index contributed by atoms with van der Waals surface area (Å²) in [5, 5.41) is 26.6. The molecule has 1 aromatic rings. The summed E-state index contributed by atoms with van der Waals surface area (Å²) in [4.78, 5) is 0. The van der Waals surface area contributed by atoms with Crippen LogP contribution in [0.4, 0.5) is 0 Å². The van der Waals surface area contributed by atoms with Gasteiger partial charge < -0.3 is 15.3 Å². The van der Waals surface area contributed by atoms with Crippen molar-refractivity contribution in [3.63, 3.8) is 0 Å². The van der Waals surface area contributed by atoms with Crippen LogP contribution in [0.1, 0.15) is 5.56 Å². The third-order valence-electron chi connectivity index (χ3n) is 1.21. The van der Waals surface area contributed by atoms with Crippen molar-refractivity contribution in [1.82, 2.24) is 0 Å². The number of hydrogen-bond donors (Lipinski definition) is 3. The molecule has 2 radical (unpaired) electrons. The van der Waals surface area contributed by atoms with E-state index >= 15 is 0 Å². The largest absolute Gasteiger partial charge is 3.00 e. The van der Waals surface area contributed by atoms with Gasteiger partial charge in [-0.05, 0) is 24.6 Å². The van der Waals surface area contributed by atoms with Crippen LogP contribution in [0.25, 0.3) is 0 Å². The number of aromatic hydroxyl groups is 3. The molecule has 5 heteroatoms. The minimum atomic E-state index is -0.467. The molecule has 12 heavy (non-hydrogen) atoms. The normalized spacial score (nSPS) is 8.08. The van der Waals surface area contributed by atoms with E-state index in [-0.39, 0.29) is 45.6 Å². The molecule has 0 fully saturated rings. The summed E-state index contributed by atoms with van der Waals surface area (Å²) in [6.45, 7) is 1.71. The van der Waals surface area contributed by atoms with Crippen molar-refractivity contribution in [3.05, 3.63) is 17.7 Å². The van der Waals surface area contributed by atoms with Gasteiger partial charge in [-0.3, -0.25) is 0 Å². The third kappa shape index (κ3) is 2.95. The van der Waals surface area contributed by atoms with E-state index in [1.54, 1.807) is 6.92 Å². The number of rotatable bonds is 0. The van der Waals surface area contributed by atoms with Crippen LogP contribution in [0.2, 0.25) is 0 Å². The quantitative estimate of drug-likeness (QED) is 0.478. The molecule has 1 rings (SSSR count). The number of phenolic OH excluding ortho intramolecular Hbond substituents is 3. The van der Waals surface area contributed by atoms with Gasteiger partial charge in [0, 0.05) is 0 Å². The van der Waals surface area contributed by atoms with Crippen LogP contribution >= 0.6 is 0 Å². The molecule has 0 saturated heterocycles. The summed E-state index contributed by atoms with van der Waals surface area (Å²) >= 11 is 0. The zero-order valence-corrected chi connectivity index (χ0v) is 8.41. The predicted molar refractivity (Wildman–Crippen MR) is 36.2 cm³/mol. The van der Waals surface area contributed by atoms with Gasteiger partial charge in [-0.15, -0.1) is 0 Å². The van der Waals surface area contributed by atoms with E-state index in [1.165, 1.54) is 12.1 Å². The molecule has 0 spiro atoms. The maximum Gasteiger partial charge on any atom is 3.00 e. The molecule has 64 valence electrons. The van der Waals surface area contributed by atoms with Crippen molar-refractivity contribution in [2.45, 2.75) is 6.92 Å². The fourth-order valence-electron chi connectivity index (χ4n) is 0.741. The molecule has 3 N–H and O–H groups in total.